The molecule has 7 rings (SSSR count). The molecule has 0 bridgehead atoms. The van der Waals surface area contributed by atoms with Gasteiger partial charge in [-0.05, 0) is 134 Å². The molecular formula is C46H36N4O2. The number of hydrogen-bond donors (Lipinski definition) is 0. The Balaban J connectivity index is 1.59. The minimum Gasteiger partial charge on any atom is -0.308 e. The average Bonchev–Trinajstić information content (AvgIpc) is 3.47. The highest BCUT2D eigenvalue weighted by Crippen LogP contribution is 2.45. The van der Waals surface area contributed by atoms with Crippen molar-refractivity contribution in [2.75, 3.05) is 4.90 Å². The van der Waals surface area contributed by atoms with Crippen molar-refractivity contribution in [3.63, 3.8) is 0 Å². The molecule has 0 aliphatic carbocycles. The number of hydrogen-bond acceptors (Lipinski definition) is 4. The van der Waals surface area contributed by atoms with Gasteiger partial charge in [0.05, 0.1) is 51.2 Å². The van der Waals surface area contributed by atoms with Gasteiger partial charge < -0.3 is 4.57 Å². The fourth-order valence-electron chi connectivity index (χ4n) is 7.88. The first-order valence-electron chi connectivity index (χ1n) is 17.1. The lowest BCUT2D eigenvalue weighted by atomic mass is 9.91. The molecule has 52 heavy (non-hydrogen) atoms. The number of rotatable bonds is 6. The van der Waals surface area contributed by atoms with Gasteiger partial charge in [-0.1, -0.05) is 66.2 Å². The van der Waals surface area contributed by atoms with E-state index in [0.29, 0.717) is 34.5 Å². The quantitative estimate of drug-likeness (QED) is 0.164. The number of carbonyl (C=O) groups excluding carboxylic acids is 2. The number of fused-ring (bicyclic) bond motifs is 3. The molecule has 252 valence electrons. The van der Waals surface area contributed by atoms with Crippen LogP contribution in [0.2, 0.25) is 0 Å². The van der Waals surface area contributed by atoms with Crippen LogP contribution in [0.5, 0.6) is 0 Å². The van der Waals surface area contributed by atoms with Gasteiger partial charge in [0.25, 0.3) is 5.91 Å². The zero-order valence-electron chi connectivity index (χ0n) is 30.0. The number of anilines is 1. The third kappa shape index (κ3) is 5.43. The topological polar surface area (TPSA) is 89.9 Å². The maximum Gasteiger partial charge on any atom is 0.267 e. The van der Waals surface area contributed by atoms with Crippen molar-refractivity contribution in [3.05, 3.63) is 153 Å². The Morgan fingerprint density at radius 1 is 0.596 bits per heavy atom. The molecule has 1 aromatic heterocycles. The van der Waals surface area contributed by atoms with Crippen molar-refractivity contribution in [3.8, 4) is 40.1 Å². The van der Waals surface area contributed by atoms with Gasteiger partial charge in [-0.2, -0.15) is 10.5 Å². The molecule has 0 fully saturated rings. The molecule has 0 aliphatic rings. The molecule has 1 heterocycles. The summed E-state index contributed by atoms with van der Waals surface area (Å²) in [5, 5.41) is 21.2. The van der Waals surface area contributed by atoms with Gasteiger partial charge in [-0.15, -0.1) is 0 Å². The number of aryl methyl sites for hydroxylation is 6. The van der Waals surface area contributed by atoms with Crippen LogP contribution in [0.4, 0.5) is 5.69 Å². The van der Waals surface area contributed by atoms with Crippen LogP contribution in [0, 0.1) is 64.2 Å². The lowest BCUT2D eigenvalue weighted by molar-refractivity contribution is -0.107. The van der Waals surface area contributed by atoms with Crippen LogP contribution in [-0.2, 0) is 4.79 Å². The lowest BCUT2D eigenvalue weighted by Crippen LogP contribution is -2.32. The zero-order chi connectivity index (χ0) is 36.8. The summed E-state index contributed by atoms with van der Waals surface area (Å²) in [5.41, 5.74) is 14.0. The van der Waals surface area contributed by atoms with Crippen LogP contribution in [0.15, 0.2) is 103 Å². The molecule has 6 aromatic carbocycles. The molecule has 0 radical (unpaired) electrons. The largest absolute Gasteiger partial charge is 0.308 e. The van der Waals surface area contributed by atoms with Crippen LogP contribution >= 0.6 is 0 Å². The molecule has 0 unspecified atom stereocenters. The third-order valence-corrected chi connectivity index (χ3v) is 10.0. The average molecular weight is 677 g/mol. The van der Waals surface area contributed by atoms with Gasteiger partial charge in [0.15, 0.2) is 0 Å². The summed E-state index contributed by atoms with van der Waals surface area (Å²) in [4.78, 5) is 28.9. The second kappa shape index (κ2) is 13.2. The summed E-state index contributed by atoms with van der Waals surface area (Å²) in [7, 11) is 0. The highest BCUT2D eigenvalue weighted by molar-refractivity contribution is 6.23. The summed E-state index contributed by atoms with van der Waals surface area (Å²) in [5.74, 6) is -0.411. The highest BCUT2D eigenvalue weighted by atomic mass is 16.2. The van der Waals surface area contributed by atoms with Gasteiger partial charge in [0, 0.05) is 10.8 Å². The van der Waals surface area contributed by atoms with E-state index in [1.54, 1.807) is 0 Å². The van der Waals surface area contributed by atoms with Gasteiger partial charge in [0.2, 0.25) is 6.41 Å². The van der Waals surface area contributed by atoms with Crippen LogP contribution < -0.4 is 4.90 Å². The number of amides is 2. The van der Waals surface area contributed by atoms with Crippen molar-refractivity contribution < 1.29 is 9.59 Å². The normalized spacial score (nSPS) is 11.0. The lowest BCUT2D eigenvalue weighted by Gasteiger charge is -2.24. The number of benzene rings is 6. The van der Waals surface area contributed by atoms with E-state index in [-0.39, 0.29) is 0 Å². The van der Waals surface area contributed by atoms with Crippen molar-refractivity contribution in [2.45, 2.75) is 41.5 Å². The summed E-state index contributed by atoms with van der Waals surface area (Å²) < 4.78 is 2.13. The molecular weight excluding hydrogens is 641 g/mol. The first-order valence-corrected chi connectivity index (χ1v) is 17.1. The fraction of sp³-hybridized carbons (Fsp3) is 0.130. The maximum absolute atomic E-state index is 14.8. The monoisotopic (exact) mass is 676 g/mol. The molecule has 6 nitrogen and oxygen atoms in total. The summed E-state index contributed by atoms with van der Waals surface area (Å²) in [6.07, 6.45) is 0.618. The number of aromatic nitrogens is 1. The molecule has 0 atom stereocenters. The molecule has 2 amide bonds. The smallest absolute Gasteiger partial charge is 0.267 e. The first-order chi connectivity index (χ1) is 25.1. The van der Waals surface area contributed by atoms with Crippen LogP contribution in [-0.4, -0.2) is 16.9 Å². The molecule has 0 N–H and O–H groups in total. The Hall–Kier alpha value is -6.76. The Labute approximate surface area is 303 Å². The molecule has 0 saturated carbocycles. The molecule has 6 heteroatoms. The Bertz CT molecular complexity index is 2580. The maximum atomic E-state index is 14.8. The van der Waals surface area contributed by atoms with Gasteiger partial charge in [-0.25, -0.2) is 4.90 Å². The van der Waals surface area contributed by atoms with E-state index in [1.807, 2.05) is 120 Å². The van der Waals surface area contributed by atoms with E-state index in [4.69, 9.17) is 0 Å². The van der Waals surface area contributed by atoms with E-state index in [2.05, 4.69) is 41.0 Å². The molecule has 7 aromatic rings. The minimum atomic E-state index is -0.411. The third-order valence-electron chi connectivity index (χ3n) is 10.0. The van der Waals surface area contributed by atoms with Crippen molar-refractivity contribution in [1.29, 1.82) is 10.5 Å². The zero-order valence-corrected chi connectivity index (χ0v) is 30.0. The van der Waals surface area contributed by atoms with Gasteiger partial charge in [0.1, 0.15) is 0 Å². The Morgan fingerprint density at radius 2 is 1.10 bits per heavy atom. The molecule has 0 saturated heterocycles. The minimum absolute atomic E-state index is 0.411. The highest BCUT2D eigenvalue weighted by Gasteiger charge is 2.28. The van der Waals surface area contributed by atoms with Crippen LogP contribution in [0.25, 0.3) is 49.7 Å². The summed E-state index contributed by atoms with van der Waals surface area (Å²) >= 11 is 0. The fourth-order valence-corrected chi connectivity index (χ4v) is 7.88. The second-order valence-corrected chi connectivity index (χ2v) is 13.5. The standard InChI is InChI=1S/C46H36N4O2/c1-27-20-31(5)45(32(6)21-27)49(26-51)46(52)42-28(2)10-7-13-39(42)50-40-14-8-11-37(35-18-16-33(24-47)22-29(35)3)43(40)44-38(12-9-15-41(44)50)36-19-17-34(25-48)23-30(36)4/h7-23,26H,1-6H3. The second-order valence-electron chi connectivity index (χ2n) is 13.5. The van der Waals surface area contributed by atoms with Gasteiger partial charge in [-0.3, -0.25) is 9.59 Å². The molecule has 0 aliphatic heterocycles. The SMILES string of the molecule is Cc1cc(C)c(N(C=O)C(=O)c2c(C)cccc2-n2c3cccc(-c4ccc(C#N)cc4C)c3c3c(-c4ccc(C#N)cc4C)cccc32)c(C)c1. The number of carbonyl (C=O) groups is 2. The molecule has 0 spiro atoms. The first kappa shape index (κ1) is 33.7. The van der Waals surface area contributed by atoms with Crippen molar-refractivity contribution in [2.24, 2.45) is 0 Å². The van der Waals surface area contributed by atoms with Crippen molar-refractivity contribution >= 4 is 39.8 Å². The Kier molecular flexibility index (Phi) is 8.54. The van der Waals surface area contributed by atoms with Crippen LogP contribution in [0.1, 0.15) is 54.9 Å². The summed E-state index contributed by atoms with van der Waals surface area (Å²) in [6, 6.07) is 38.1. The predicted octanol–water partition coefficient (Wildman–Crippen LogP) is 10.5. The van der Waals surface area contributed by atoms with Crippen molar-refractivity contribution in [1.82, 2.24) is 4.57 Å². The van der Waals surface area contributed by atoms with Crippen LogP contribution in [0.3, 0.4) is 0 Å². The Morgan fingerprint density at radius 3 is 1.56 bits per heavy atom. The van der Waals surface area contributed by atoms with E-state index in [1.165, 1.54) is 4.90 Å². The van der Waals surface area contributed by atoms with Gasteiger partial charge >= 0.3 is 0 Å². The predicted molar refractivity (Wildman–Crippen MR) is 209 cm³/mol. The number of nitriles is 2. The number of nitrogens with zero attached hydrogens (tertiary/aromatic N) is 4. The summed E-state index contributed by atoms with van der Waals surface area (Å²) in [6.45, 7) is 11.8. The number of imide groups is 1. The van der Waals surface area contributed by atoms with E-state index < -0.39 is 5.91 Å². The van der Waals surface area contributed by atoms with E-state index in [0.717, 1.165) is 77.4 Å². The van der Waals surface area contributed by atoms with E-state index in [9.17, 15) is 20.1 Å². The van der Waals surface area contributed by atoms with E-state index >= 15 is 0 Å².